The number of nitrogens with one attached hydrogen (secondary N) is 1. The number of fused-ring (bicyclic) bond motifs is 1. The van der Waals surface area contributed by atoms with E-state index in [4.69, 9.17) is 4.74 Å². The van der Waals surface area contributed by atoms with Crippen LogP contribution in [0.2, 0.25) is 0 Å². The van der Waals surface area contributed by atoms with Crippen molar-refractivity contribution < 1.29 is 13.9 Å². The summed E-state index contributed by atoms with van der Waals surface area (Å²) in [7, 11) is 0. The van der Waals surface area contributed by atoms with E-state index in [2.05, 4.69) is 10.4 Å². The second-order valence-electron chi connectivity index (χ2n) is 6.05. The van der Waals surface area contributed by atoms with Crippen molar-refractivity contribution in [3.8, 4) is 5.75 Å². The highest BCUT2D eigenvalue weighted by atomic mass is 19.1. The fraction of sp³-hybridized carbons (Fsp3) is 0.250. The molecule has 0 aliphatic carbocycles. The third-order valence-electron chi connectivity index (χ3n) is 4.03. The summed E-state index contributed by atoms with van der Waals surface area (Å²) < 4.78 is 19.4. The first-order chi connectivity index (χ1) is 13.1. The van der Waals surface area contributed by atoms with E-state index in [-0.39, 0.29) is 23.8 Å². The molecular formula is C20H20FN3O3. The van der Waals surface area contributed by atoms with Crippen molar-refractivity contribution in [2.75, 3.05) is 13.2 Å². The third-order valence-corrected chi connectivity index (χ3v) is 4.03. The maximum absolute atomic E-state index is 12.8. The topological polar surface area (TPSA) is 73.2 Å². The zero-order valence-electron chi connectivity index (χ0n) is 14.7. The first kappa shape index (κ1) is 18.6. The highest BCUT2D eigenvalue weighted by molar-refractivity contribution is 5.81. The molecule has 0 saturated carbocycles. The van der Waals surface area contributed by atoms with Gasteiger partial charge in [-0.3, -0.25) is 9.59 Å². The molecule has 2 aromatic carbocycles. The second kappa shape index (κ2) is 8.93. The predicted octanol–water partition coefficient (Wildman–Crippen LogP) is 2.51. The summed E-state index contributed by atoms with van der Waals surface area (Å²) >= 11 is 0. The smallest absolute Gasteiger partial charge is 0.275 e. The van der Waals surface area contributed by atoms with Crippen LogP contribution in [0.15, 0.2) is 59.5 Å². The van der Waals surface area contributed by atoms with Crippen molar-refractivity contribution in [2.45, 2.75) is 19.4 Å². The highest BCUT2D eigenvalue weighted by Gasteiger charge is 2.07. The van der Waals surface area contributed by atoms with Crippen molar-refractivity contribution in [1.29, 1.82) is 0 Å². The van der Waals surface area contributed by atoms with Crippen LogP contribution in [0.1, 0.15) is 12.8 Å². The number of carbonyl (C=O) groups excluding carboxylic acids is 1. The molecule has 0 atom stereocenters. The minimum absolute atomic E-state index is 0.115. The third kappa shape index (κ3) is 5.13. The van der Waals surface area contributed by atoms with Crippen LogP contribution < -0.4 is 15.6 Å². The van der Waals surface area contributed by atoms with Gasteiger partial charge in [-0.05, 0) is 43.2 Å². The Morgan fingerprint density at radius 2 is 1.89 bits per heavy atom. The van der Waals surface area contributed by atoms with Gasteiger partial charge >= 0.3 is 0 Å². The number of amides is 1. The van der Waals surface area contributed by atoms with Gasteiger partial charge in [-0.15, -0.1) is 0 Å². The van der Waals surface area contributed by atoms with Crippen LogP contribution in [-0.4, -0.2) is 28.8 Å². The molecule has 0 aliphatic heterocycles. The number of ether oxygens (including phenoxy) is 1. The van der Waals surface area contributed by atoms with E-state index >= 15 is 0 Å². The Kier molecular flexibility index (Phi) is 6.14. The average Bonchev–Trinajstić information content (AvgIpc) is 2.68. The molecule has 6 nitrogen and oxygen atoms in total. The Labute approximate surface area is 155 Å². The Hall–Kier alpha value is -3.22. The Bertz CT molecular complexity index is 970. The number of aromatic nitrogens is 2. The molecule has 1 heterocycles. The Morgan fingerprint density at radius 1 is 1.11 bits per heavy atom. The van der Waals surface area contributed by atoms with Crippen molar-refractivity contribution >= 4 is 16.7 Å². The lowest BCUT2D eigenvalue weighted by Crippen LogP contribution is -2.34. The van der Waals surface area contributed by atoms with Gasteiger partial charge in [-0.25, -0.2) is 9.07 Å². The standard InChI is InChI=1S/C20H20FN3O3/c21-16-7-9-17(10-8-16)27-12-4-3-11-22-19(25)14-24-20(26)18-6-2-1-5-15(18)13-23-24/h1-2,5-10,13H,3-4,11-12,14H2,(H,22,25). The minimum Gasteiger partial charge on any atom is -0.494 e. The van der Waals surface area contributed by atoms with Crippen LogP contribution >= 0.6 is 0 Å². The first-order valence-corrected chi connectivity index (χ1v) is 8.73. The number of unbranched alkanes of at least 4 members (excludes halogenated alkanes) is 1. The maximum Gasteiger partial charge on any atom is 0.275 e. The normalized spacial score (nSPS) is 10.7. The van der Waals surface area contributed by atoms with Crippen LogP contribution in [0.4, 0.5) is 4.39 Å². The number of halogens is 1. The molecule has 27 heavy (non-hydrogen) atoms. The molecule has 140 valence electrons. The lowest BCUT2D eigenvalue weighted by molar-refractivity contribution is -0.121. The average molecular weight is 369 g/mol. The number of rotatable bonds is 8. The van der Waals surface area contributed by atoms with Gasteiger partial charge in [-0.1, -0.05) is 18.2 Å². The fourth-order valence-corrected chi connectivity index (χ4v) is 2.61. The summed E-state index contributed by atoms with van der Waals surface area (Å²) in [6, 6.07) is 13.0. The fourth-order valence-electron chi connectivity index (χ4n) is 2.61. The van der Waals surface area contributed by atoms with Gasteiger partial charge in [0.15, 0.2) is 0 Å². The summed E-state index contributed by atoms with van der Waals surface area (Å²) in [6.45, 7) is 0.844. The van der Waals surface area contributed by atoms with E-state index in [1.54, 1.807) is 30.5 Å². The summed E-state index contributed by atoms with van der Waals surface area (Å²) in [5, 5.41) is 8.10. The van der Waals surface area contributed by atoms with Gasteiger partial charge in [-0.2, -0.15) is 5.10 Å². The van der Waals surface area contributed by atoms with Gasteiger partial charge < -0.3 is 10.1 Å². The molecule has 1 aromatic heterocycles. The van der Waals surface area contributed by atoms with Crippen molar-refractivity contribution in [3.05, 3.63) is 70.9 Å². The molecule has 0 unspecified atom stereocenters. The van der Waals surface area contributed by atoms with Gasteiger partial charge in [0.1, 0.15) is 18.1 Å². The van der Waals surface area contributed by atoms with Gasteiger partial charge in [0, 0.05) is 11.9 Å². The lowest BCUT2D eigenvalue weighted by Gasteiger charge is -2.08. The number of nitrogens with zero attached hydrogens (tertiary/aromatic N) is 2. The maximum atomic E-state index is 12.8. The highest BCUT2D eigenvalue weighted by Crippen LogP contribution is 2.11. The number of carbonyl (C=O) groups is 1. The lowest BCUT2D eigenvalue weighted by atomic mass is 10.2. The first-order valence-electron chi connectivity index (χ1n) is 8.73. The molecule has 1 amide bonds. The number of hydrogen-bond donors (Lipinski definition) is 1. The molecule has 7 heteroatoms. The number of hydrogen-bond acceptors (Lipinski definition) is 4. The molecular weight excluding hydrogens is 349 g/mol. The van der Waals surface area contributed by atoms with E-state index in [1.165, 1.54) is 12.1 Å². The van der Waals surface area contributed by atoms with E-state index in [0.29, 0.717) is 24.3 Å². The van der Waals surface area contributed by atoms with E-state index < -0.39 is 0 Å². The van der Waals surface area contributed by atoms with E-state index in [1.807, 2.05) is 12.1 Å². The van der Waals surface area contributed by atoms with Crippen LogP contribution in [0, 0.1) is 5.82 Å². The van der Waals surface area contributed by atoms with Gasteiger partial charge in [0.2, 0.25) is 5.91 Å². The molecule has 3 rings (SSSR count). The van der Waals surface area contributed by atoms with Gasteiger partial charge in [0.05, 0.1) is 18.2 Å². The van der Waals surface area contributed by atoms with Crippen molar-refractivity contribution in [1.82, 2.24) is 15.1 Å². The largest absolute Gasteiger partial charge is 0.494 e. The molecule has 0 fully saturated rings. The van der Waals surface area contributed by atoms with Crippen molar-refractivity contribution in [3.63, 3.8) is 0 Å². The zero-order valence-corrected chi connectivity index (χ0v) is 14.7. The Balaban J connectivity index is 1.39. The monoisotopic (exact) mass is 369 g/mol. The summed E-state index contributed by atoms with van der Waals surface area (Å²) in [5.74, 6) is 0.0478. The van der Waals surface area contributed by atoms with Crippen LogP contribution in [0.25, 0.3) is 10.8 Å². The van der Waals surface area contributed by atoms with E-state index in [9.17, 15) is 14.0 Å². The zero-order chi connectivity index (χ0) is 19.1. The summed E-state index contributed by atoms with van der Waals surface area (Å²) in [6.07, 6.45) is 3.05. The number of benzene rings is 2. The summed E-state index contributed by atoms with van der Waals surface area (Å²) in [5.41, 5.74) is -0.282. The second-order valence-corrected chi connectivity index (χ2v) is 6.05. The van der Waals surface area contributed by atoms with Crippen LogP contribution in [0.5, 0.6) is 5.75 Å². The summed E-state index contributed by atoms with van der Waals surface area (Å²) in [4.78, 5) is 24.3. The predicted molar refractivity (Wildman–Crippen MR) is 100 cm³/mol. The van der Waals surface area contributed by atoms with Crippen LogP contribution in [0.3, 0.4) is 0 Å². The minimum atomic E-state index is -0.301. The van der Waals surface area contributed by atoms with Crippen LogP contribution in [-0.2, 0) is 11.3 Å². The molecule has 3 aromatic rings. The molecule has 0 saturated heterocycles. The molecule has 0 radical (unpaired) electrons. The SMILES string of the molecule is O=C(Cn1ncc2ccccc2c1=O)NCCCCOc1ccc(F)cc1. The Morgan fingerprint density at radius 3 is 2.70 bits per heavy atom. The molecule has 0 aliphatic rings. The molecule has 0 bridgehead atoms. The molecule has 1 N–H and O–H groups in total. The van der Waals surface area contributed by atoms with E-state index in [0.717, 1.165) is 22.9 Å². The van der Waals surface area contributed by atoms with Crippen molar-refractivity contribution in [2.24, 2.45) is 0 Å². The van der Waals surface area contributed by atoms with Gasteiger partial charge in [0.25, 0.3) is 5.56 Å². The molecule has 0 spiro atoms. The quantitative estimate of drug-likeness (QED) is 0.619.